The molecule has 8 nitrogen and oxygen atoms in total. The lowest BCUT2D eigenvalue weighted by Gasteiger charge is -2.42. The van der Waals surface area contributed by atoms with Gasteiger partial charge in [-0.3, -0.25) is 9.58 Å². The van der Waals surface area contributed by atoms with Gasteiger partial charge in [0.25, 0.3) is 0 Å². The fourth-order valence-electron chi connectivity index (χ4n) is 4.79. The van der Waals surface area contributed by atoms with Gasteiger partial charge in [0, 0.05) is 38.1 Å². The molecule has 1 amide bonds. The summed E-state index contributed by atoms with van der Waals surface area (Å²) < 4.78 is 8.45. The first-order valence-electron chi connectivity index (χ1n) is 10.6. The highest BCUT2D eigenvalue weighted by molar-refractivity contribution is 9.10. The molecule has 2 atom stereocenters. The van der Waals surface area contributed by atoms with Crippen molar-refractivity contribution in [2.75, 3.05) is 18.0 Å². The SMILES string of the molecule is Cn1cc(-c2[nH]c3nccc(N4CC5CCC(C4)N5C(=O)OC(C)(C)C)c3c2Br)cn1. The fraction of sp³-hybridized carbons (Fsp3) is 0.500. The molecule has 0 spiro atoms. The van der Waals surface area contributed by atoms with E-state index in [4.69, 9.17) is 4.74 Å². The number of aromatic nitrogens is 4. The highest BCUT2D eigenvalue weighted by Crippen LogP contribution is 2.41. The van der Waals surface area contributed by atoms with E-state index in [2.05, 4.69) is 42.0 Å². The van der Waals surface area contributed by atoms with Crippen LogP contribution in [0.3, 0.4) is 0 Å². The lowest BCUT2D eigenvalue weighted by Crippen LogP contribution is -2.56. The maximum absolute atomic E-state index is 12.8. The number of piperazine rings is 1. The number of fused-ring (bicyclic) bond motifs is 3. The summed E-state index contributed by atoms with van der Waals surface area (Å²) in [4.78, 5) is 25.2. The van der Waals surface area contributed by atoms with Crippen LogP contribution in [0.5, 0.6) is 0 Å². The van der Waals surface area contributed by atoms with Crippen molar-refractivity contribution in [3.8, 4) is 11.3 Å². The Morgan fingerprint density at radius 1 is 1.26 bits per heavy atom. The molecule has 0 aromatic carbocycles. The van der Waals surface area contributed by atoms with Gasteiger partial charge in [-0.05, 0) is 55.6 Å². The van der Waals surface area contributed by atoms with E-state index in [1.54, 1.807) is 4.68 Å². The number of aryl methyl sites for hydroxylation is 1. The number of H-pyrrole nitrogens is 1. The van der Waals surface area contributed by atoms with E-state index >= 15 is 0 Å². The third-order valence-electron chi connectivity index (χ3n) is 6.03. The number of carbonyl (C=O) groups is 1. The summed E-state index contributed by atoms with van der Waals surface area (Å²) >= 11 is 3.81. The van der Waals surface area contributed by atoms with Crippen molar-refractivity contribution in [2.45, 2.75) is 51.3 Å². The average Bonchev–Trinajstić information content (AvgIpc) is 3.34. The van der Waals surface area contributed by atoms with E-state index < -0.39 is 5.60 Å². The minimum Gasteiger partial charge on any atom is -0.444 e. The Kier molecular flexibility index (Phi) is 4.76. The molecule has 2 fully saturated rings. The monoisotopic (exact) mass is 486 g/mol. The number of rotatable bonds is 2. The summed E-state index contributed by atoms with van der Waals surface area (Å²) in [7, 11) is 1.91. The number of carbonyl (C=O) groups excluding carboxylic acids is 1. The van der Waals surface area contributed by atoms with Crippen LogP contribution in [0, 0.1) is 0 Å². The van der Waals surface area contributed by atoms with E-state index in [1.807, 2.05) is 51.3 Å². The Bertz CT molecular complexity index is 1130. The van der Waals surface area contributed by atoms with E-state index in [0.717, 1.165) is 58.4 Å². The van der Waals surface area contributed by atoms with Gasteiger partial charge < -0.3 is 14.6 Å². The number of aromatic amines is 1. The van der Waals surface area contributed by atoms with Gasteiger partial charge in [-0.25, -0.2) is 9.78 Å². The number of halogens is 1. The van der Waals surface area contributed by atoms with Crippen molar-refractivity contribution in [2.24, 2.45) is 7.05 Å². The molecule has 31 heavy (non-hydrogen) atoms. The third kappa shape index (κ3) is 3.58. The molecule has 2 saturated heterocycles. The van der Waals surface area contributed by atoms with Gasteiger partial charge in [0.15, 0.2) is 0 Å². The second-order valence-electron chi connectivity index (χ2n) is 9.45. The Morgan fingerprint density at radius 2 is 1.97 bits per heavy atom. The molecule has 5 rings (SSSR count). The van der Waals surface area contributed by atoms with Crippen molar-refractivity contribution in [3.63, 3.8) is 0 Å². The summed E-state index contributed by atoms with van der Waals surface area (Å²) in [5.74, 6) is 0. The second-order valence-corrected chi connectivity index (χ2v) is 10.2. The molecular weight excluding hydrogens is 460 g/mol. The molecule has 2 bridgehead atoms. The smallest absolute Gasteiger partial charge is 0.410 e. The van der Waals surface area contributed by atoms with E-state index in [0.29, 0.717) is 0 Å². The highest BCUT2D eigenvalue weighted by Gasteiger charge is 2.44. The van der Waals surface area contributed by atoms with Crippen LogP contribution in [0.4, 0.5) is 10.5 Å². The maximum atomic E-state index is 12.8. The van der Waals surface area contributed by atoms with Crippen LogP contribution < -0.4 is 4.90 Å². The zero-order chi connectivity index (χ0) is 21.9. The van der Waals surface area contributed by atoms with Gasteiger partial charge in [0.05, 0.1) is 39.5 Å². The zero-order valence-corrected chi connectivity index (χ0v) is 19.8. The van der Waals surface area contributed by atoms with E-state index in [9.17, 15) is 4.79 Å². The molecule has 5 heterocycles. The van der Waals surface area contributed by atoms with Crippen LogP contribution in [-0.2, 0) is 11.8 Å². The molecule has 2 aliphatic rings. The Morgan fingerprint density at radius 3 is 2.58 bits per heavy atom. The first-order valence-corrected chi connectivity index (χ1v) is 11.4. The normalized spacial score (nSPS) is 21.2. The molecule has 3 aromatic rings. The van der Waals surface area contributed by atoms with Gasteiger partial charge in [-0.2, -0.15) is 5.10 Å². The topological polar surface area (TPSA) is 79.3 Å². The first kappa shape index (κ1) is 20.4. The first-order chi connectivity index (χ1) is 14.7. The van der Waals surface area contributed by atoms with Crippen molar-refractivity contribution < 1.29 is 9.53 Å². The average molecular weight is 487 g/mol. The van der Waals surface area contributed by atoms with Crippen LogP contribution in [0.15, 0.2) is 29.1 Å². The van der Waals surface area contributed by atoms with Crippen LogP contribution in [0.2, 0.25) is 0 Å². The van der Waals surface area contributed by atoms with Gasteiger partial charge in [0.1, 0.15) is 11.2 Å². The lowest BCUT2D eigenvalue weighted by atomic mass is 10.1. The summed E-state index contributed by atoms with van der Waals surface area (Å²) in [5.41, 5.74) is 3.46. The number of anilines is 1. The Balaban J connectivity index is 1.46. The molecule has 9 heteroatoms. The van der Waals surface area contributed by atoms with Gasteiger partial charge in [0.2, 0.25) is 0 Å². The molecule has 2 aliphatic heterocycles. The predicted octanol–water partition coefficient (Wildman–Crippen LogP) is 4.31. The lowest BCUT2D eigenvalue weighted by molar-refractivity contribution is 0.0123. The molecule has 164 valence electrons. The minimum atomic E-state index is -0.483. The van der Waals surface area contributed by atoms with E-state index in [1.165, 1.54) is 0 Å². The Labute approximate surface area is 189 Å². The molecule has 3 aromatic heterocycles. The zero-order valence-electron chi connectivity index (χ0n) is 18.2. The molecule has 1 N–H and O–H groups in total. The number of hydrogen-bond acceptors (Lipinski definition) is 5. The van der Waals surface area contributed by atoms with Crippen LogP contribution in [-0.4, -0.2) is 61.5 Å². The molecular formula is C22H27BrN6O2. The van der Waals surface area contributed by atoms with Crippen LogP contribution in [0.1, 0.15) is 33.6 Å². The summed E-state index contributed by atoms with van der Waals surface area (Å²) in [6.45, 7) is 7.32. The third-order valence-corrected chi connectivity index (χ3v) is 6.83. The molecule has 2 unspecified atom stereocenters. The van der Waals surface area contributed by atoms with Crippen molar-refractivity contribution in [1.82, 2.24) is 24.6 Å². The molecule has 0 radical (unpaired) electrons. The van der Waals surface area contributed by atoms with Crippen molar-refractivity contribution in [3.05, 3.63) is 29.1 Å². The molecule has 0 aliphatic carbocycles. The van der Waals surface area contributed by atoms with Crippen molar-refractivity contribution in [1.29, 1.82) is 0 Å². The van der Waals surface area contributed by atoms with Gasteiger partial charge in [-0.1, -0.05) is 0 Å². The summed E-state index contributed by atoms with van der Waals surface area (Å²) in [5, 5.41) is 5.35. The second kappa shape index (κ2) is 7.25. The molecule has 0 saturated carbocycles. The number of ether oxygens (including phenoxy) is 1. The van der Waals surface area contributed by atoms with Crippen LogP contribution in [0.25, 0.3) is 22.3 Å². The van der Waals surface area contributed by atoms with Gasteiger partial charge >= 0.3 is 6.09 Å². The van der Waals surface area contributed by atoms with Crippen LogP contribution >= 0.6 is 15.9 Å². The number of nitrogens with one attached hydrogen (secondary N) is 1. The quantitative estimate of drug-likeness (QED) is 0.583. The number of amides is 1. The highest BCUT2D eigenvalue weighted by atomic mass is 79.9. The van der Waals surface area contributed by atoms with Gasteiger partial charge in [-0.15, -0.1) is 0 Å². The largest absolute Gasteiger partial charge is 0.444 e. The summed E-state index contributed by atoms with van der Waals surface area (Å²) in [6.07, 6.45) is 7.48. The fourth-order valence-corrected chi connectivity index (χ4v) is 5.51. The Hall–Kier alpha value is -2.55. The maximum Gasteiger partial charge on any atom is 0.410 e. The van der Waals surface area contributed by atoms with E-state index in [-0.39, 0.29) is 18.2 Å². The van der Waals surface area contributed by atoms with Crippen molar-refractivity contribution >= 4 is 38.7 Å². The standard InChI is InChI=1S/C22H27BrN6O2/c1-22(2,3)31-21(30)29-14-5-6-15(29)12-28(11-14)16-7-8-24-20-17(16)18(23)19(26-20)13-9-25-27(4)10-13/h7-10,14-15H,5-6,11-12H2,1-4H3,(H,24,26). The number of pyridine rings is 1. The predicted molar refractivity (Wildman–Crippen MR) is 123 cm³/mol. The number of hydrogen-bond donors (Lipinski definition) is 1. The minimum absolute atomic E-state index is 0.160. The number of nitrogens with zero attached hydrogens (tertiary/aromatic N) is 5. The summed E-state index contributed by atoms with van der Waals surface area (Å²) in [6, 6.07) is 2.39.